The van der Waals surface area contributed by atoms with Gasteiger partial charge in [0.15, 0.2) is 5.82 Å². The molecule has 20 heavy (non-hydrogen) atoms. The Morgan fingerprint density at radius 3 is 2.70 bits per heavy atom. The Hall–Kier alpha value is -2.30. The molecule has 0 bridgehead atoms. The second-order valence-corrected chi connectivity index (χ2v) is 4.93. The van der Waals surface area contributed by atoms with Crippen molar-refractivity contribution >= 4 is 17.3 Å². The van der Waals surface area contributed by atoms with Gasteiger partial charge in [-0.05, 0) is 42.3 Å². The van der Waals surface area contributed by atoms with Gasteiger partial charge in [-0.25, -0.2) is 9.37 Å². The Morgan fingerprint density at radius 1 is 1.25 bits per heavy atom. The number of rotatable bonds is 4. The zero-order chi connectivity index (χ0) is 14.7. The molecule has 4 nitrogen and oxygen atoms in total. The van der Waals surface area contributed by atoms with Gasteiger partial charge in [-0.3, -0.25) is 0 Å². The Labute approximate surface area is 118 Å². The molecule has 0 fully saturated rings. The van der Waals surface area contributed by atoms with Gasteiger partial charge in [0.1, 0.15) is 11.6 Å². The number of nitrogens with two attached hydrogens (primary N) is 1. The number of benzene rings is 1. The molecule has 0 atom stereocenters. The molecule has 0 unspecified atom stereocenters. The highest BCUT2D eigenvalue weighted by atomic mass is 19.1. The number of hydrogen-bond donors (Lipinski definition) is 2. The maximum atomic E-state index is 13.2. The molecule has 2 aromatic rings. The zero-order valence-electron chi connectivity index (χ0n) is 11.9. The average Bonchev–Trinajstić information content (AvgIpc) is 2.41. The van der Waals surface area contributed by atoms with Crippen molar-refractivity contribution in [2.45, 2.75) is 13.5 Å². The van der Waals surface area contributed by atoms with Gasteiger partial charge in [-0.15, -0.1) is 0 Å². The van der Waals surface area contributed by atoms with Gasteiger partial charge < -0.3 is 16.0 Å². The standard InChI is InChI=1S/C15H19FN4/c1-10-4-5-12(16)8-11(10)9-18-14-7-6-13(17)15(19-14)20(2)3/h4-8H,9,17H2,1-3H3,(H,18,19). The summed E-state index contributed by atoms with van der Waals surface area (Å²) in [4.78, 5) is 6.29. The summed E-state index contributed by atoms with van der Waals surface area (Å²) in [7, 11) is 3.78. The molecule has 2 rings (SSSR count). The van der Waals surface area contributed by atoms with E-state index in [4.69, 9.17) is 5.73 Å². The number of nitrogens with zero attached hydrogens (tertiary/aromatic N) is 2. The van der Waals surface area contributed by atoms with Crippen LogP contribution in [0.2, 0.25) is 0 Å². The van der Waals surface area contributed by atoms with Crippen LogP contribution in [0, 0.1) is 12.7 Å². The van der Waals surface area contributed by atoms with E-state index in [1.165, 1.54) is 12.1 Å². The highest BCUT2D eigenvalue weighted by Gasteiger charge is 2.06. The molecule has 0 saturated carbocycles. The molecular weight excluding hydrogens is 255 g/mol. The Morgan fingerprint density at radius 2 is 2.00 bits per heavy atom. The van der Waals surface area contributed by atoms with Crippen molar-refractivity contribution in [3.05, 3.63) is 47.3 Å². The Balaban J connectivity index is 2.15. The Kier molecular flexibility index (Phi) is 4.08. The van der Waals surface area contributed by atoms with E-state index in [-0.39, 0.29) is 5.82 Å². The van der Waals surface area contributed by atoms with Crippen molar-refractivity contribution in [1.82, 2.24) is 4.98 Å². The first kappa shape index (κ1) is 14.1. The SMILES string of the molecule is Cc1ccc(F)cc1CNc1ccc(N)c(N(C)C)n1. The third-order valence-electron chi connectivity index (χ3n) is 3.10. The molecule has 3 N–H and O–H groups in total. The summed E-state index contributed by atoms with van der Waals surface area (Å²) in [6.07, 6.45) is 0. The number of hydrogen-bond acceptors (Lipinski definition) is 4. The van der Waals surface area contributed by atoms with Gasteiger partial charge in [0.2, 0.25) is 0 Å². The first-order valence-corrected chi connectivity index (χ1v) is 6.40. The Bertz CT molecular complexity index is 611. The summed E-state index contributed by atoms with van der Waals surface area (Å²) in [5, 5.41) is 3.19. The zero-order valence-corrected chi connectivity index (χ0v) is 11.9. The largest absolute Gasteiger partial charge is 0.396 e. The van der Waals surface area contributed by atoms with E-state index in [2.05, 4.69) is 10.3 Å². The smallest absolute Gasteiger partial charge is 0.153 e. The third kappa shape index (κ3) is 3.17. The molecule has 0 aliphatic carbocycles. The fourth-order valence-corrected chi connectivity index (χ4v) is 1.93. The third-order valence-corrected chi connectivity index (χ3v) is 3.10. The number of pyridine rings is 1. The molecular formula is C15H19FN4. The molecule has 5 heteroatoms. The molecule has 106 valence electrons. The summed E-state index contributed by atoms with van der Waals surface area (Å²) in [5.74, 6) is 1.20. The predicted octanol–water partition coefficient (Wildman–Crippen LogP) is 2.79. The summed E-state index contributed by atoms with van der Waals surface area (Å²) < 4.78 is 13.2. The van der Waals surface area contributed by atoms with E-state index in [1.54, 1.807) is 6.07 Å². The van der Waals surface area contributed by atoms with Crippen molar-refractivity contribution < 1.29 is 4.39 Å². The van der Waals surface area contributed by atoms with E-state index in [1.807, 2.05) is 38.1 Å². The van der Waals surface area contributed by atoms with Crippen LogP contribution in [0.4, 0.5) is 21.7 Å². The van der Waals surface area contributed by atoms with Crippen LogP contribution in [-0.4, -0.2) is 19.1 Å². The summed E-state index contributed by atoms with van der Waals surface area (Å²) in [6.45, 7) is 2.48. The normalized spacial score (nSPS) is 10.4. The molecule has 0 radical (unpaired) electrons. The predicted molar refractivity (Wildman–Crippen MR) is 81.4 cm³/mol. The van der Waals surface area contributed by atoms with Crippen LogP contribution in [0.15, 0.2) is 30.3 Å². The number of anilines is 3. The van der Waals surface area contributed by atoms with E-state index < -0.39 is 0 Å². The summed E-state index contributed by atoms with van der Waals surface area (Å²) in [6, 6.07) is 8.39. The molecule has 1 heterocycles. The van der Waals surface area contributed by atoms with Crippen LogP contribution in [0.3, 0.4) is 0 Å². The van der Waals surface area contributed by atoms with E-state index in [9.17, 15) is 4.39 Å². The fourth-order valence-electron chi connectivity index (χ4n) is 1.93. The minimum absolute atomic E-state index is 0.230. The van der Waals surface area contributed by atoms with Gasteiger partial charge in [0.25, 0.3) is 0 Å². The van der Waals surface area contributed by atoms with Crippen LogP contribution in [0.1, 0.15) is 11.1 Å². The second-order valence-electron chi connectivity index (χ2n) is 4.93. The van der Waals surface area contributed by atoms with Gasteiger partial charge in [0.05, 0.1) is 5.69 Å². The van der Waals surface area contributed by atoms with Crippen molar-refractivity contribution in [1.29, 1.82) is 0 Å². The molecule has 0 amide bonds. The lowest BCUT2D eigenvalue weighted by Gasteiger charge is -2.16. The van der Waals surface area contributed by atoms with E-state index >= 15 is 0 Å². The molecule has 0 aliphatic rings. The van der Waals surface area contributed by atoms with Crippen molar-refractivity contribution in [3.63, 3.8) is 0 Å². The molecule has 0 saturated heterocycles. The van der Waals surface area contributed by atoms with E-state index in [0.29, 0.717) is 23.9 Å². The maximum absolute atomic E-state index is 13.2. The van der Waals surface area contributed by atoms with Gasteiger partial charge in [0, 0.05) is 20.6 Å². The average molecular weight is 274 g/mol. The van der Waals surface area contributed by atoms with Crippen LogP contribution in [0.5, 0.6) is 0 Å². The molecule has 1 aromatic heterocycles. The molecule has 1 aromatic carbocycles. The molecule has 0 aliphatic heterocycles. The van der Waals surface area contributed by atoms with Crippen LogP contribution < -0.4 is 16.0 Å². The number of halogens is 1. The van der Waals surface area contributed by atoms with Gasteiger partial charge >= 0.3 is 0 Å². The molecule has 0 spiro atoms. The fraction of sp³-hybridized carbons (Fsp3) is 0.267. The lowest BCUT2D eigenvalue weighted by molar-refractivity contribution is 0.625. The highest BCUT2D eigenvalue weighted by Crippen LogP contribution is 2.21. The van der Waals surface area contributed by atoms with Crippen molar-refractivity contribution in [3.8, 4) is 0 Å². The monoisotopic (exact) mass is 274 g/mol. The van der Waals surface area contributed by atoms with Crippen LogP contribution in [0.25, 0.3) is 0 Å². The summed E-state index contributed by atoms with van der Waals surface area (Å²) in [5.41, 5.74) is 8.44. The summed E-state index contributed by atoms with van der Waals surface area (Å²) >= 11 is 0. The van der Waals surface area contributed by atoms with Gasteiger partial charge in [-0.1, -0.05) is 6.07 Å². The van der Waals surface area contributed by atoms with Crippen LogP contribution in [-0.2, 0) is 6.54 Å². The highest BCUT2D eigenvalue weighted by molar-refractivity contribution is 5.65. The number of nitrogen functional groups attached to an aromatic ring is 1. The number of aryl methyl sites for hydroxylation is 1. The van der Waals surface area contributed by atoms with Gasteiger partial charge in [-0.2, -0.15) is 0 Å². The minimum Gasteiger partial charge on any atom is -0.396 e. The van der Waals surface area contributed by atoms with Crippen molar-refractivity contribution in [2.75, 3.05) is 30.0 Å². The lowest BCUT2D eigenvalue weighted by Crippen LogP contribution is -2.14. The van der Waals surface area contributed by atoms with Crippen LogP contribution >= 0.6 is 0 Å². The van der Waals surface area contributed by atoms with E-state index in [0.717, 1.165) is 11.1 Å². The number of aromatic nitrogens is 1. The second kappa shape index (κ2) is 5.77. The van der Waals surface area contributed by atoms with Crippen molar-refractivity contribution in [2.24, 2.45) is 0 Å². The maximum Gasteiger partial charge on any atom is 0.153 e. The first-order valence-electron chi connectivity index (χ1n) is 6.40. The topological polar surface area (TPSA) is 54.2 Å². The minimum atomic E-state index is -0.230. The first-order chi connectivity index (χ1) is 9.47. The number of nitrogens with one attached hydrogen (secondary N) is 1. The quantitative estimate of drug-likeness (QED) is 0.900. The lowest BCUT2D eigenvalue weighted by atomic mass is 10.1.